The highest BCUT2D eigenvalue weighted by Crippen LogP contribution is 2.32. The summed E-state index contributed by atoms with van der Waals surface area (Å²) in [5, 5.41) is 0. The third kappa shape index (κ3) is 9.00. The van der Waals surface area contributed by atoms with Gasteiger partial charge in [0.05, 0.1) is 5.56 Å². The quantitative estimate of drug-likeness (QED) is 0.337. The van der Waals surface area contributed by atoms with Crippen molar-refractivity contribution in [3.05, 3.63) is 29.8 Å². The zero-order chi connectivity index (χ0) is 23.6. The summed E-state index contributed by atoms with van der Waals surface area (Å²) in [6.07, 6.45) is 6.77. The lowest BCUT2D eigenvalue weighted by Gasteiger charge is -2.34. The average molecular weight is 457 g/mol. The highest BCUT2D eigenvalue weighted by atomic mass is 19.4. The molecule has 0 radical (unpaired) electrons. The lowest BCUT2D eigenvalue weighted by molar-refractivity contribution is -0.137. The fourth-order valence-electron chi connectivity index (χ4n) is 4.41. The molecule has 32 heavy (non-hydrogen) atoms. The Morgan fingerprint density at radius 1 is 0.969 bits per heavy atom. The summed E-state index contributed by atoms with van der Waals surface area (Å²) >= 11 is 0. The Morgan fingerprint density at radius 3 is 2.12 bits per heavy atom. The number of rotatable bonds is 11. The van der Waals surface area contributed by atoms with Crippen LogP contribution in [0.3, 0.4) is 0 Å². The molecule has 7 heteroatoms. The number of unbranched alkanes of at least 4 members (excludes halogenated alkanes) is 3. The second kappa shape index (κ2) is 13.1. The average Bonchev–Trinajstić information content (AvgIpc) is 2.76. The van der Waals surface area contributed by atoms with Gasteiger partial charge in [-0.3, -0.25) is 0 Å². The Kier molecular flexibility index (Phi) is 10.8. The largest absolute Gasteiger partial charge is 0.416 e. The zero-order valence-electron chi connectivity index (χ0n) is 19.8. The van der Waals surface area contributed by atoms with Gasteiger partial charge in [0.25, 0.3) is 0 Å². The number of ether oxygens (including phenoxy) is 1. The first-order chi connectivity index (χ1) is 15.2. The molecular formula is C25H39F3N2O2. The van der Waals surface area contributed by atoms with Crippen molar-refractivity contribution in [3.63, 3.8) is 0 Å². The van der Waals surface area contributed by atoms with E-state index in [-0.39, 0.29) is 11.8 Å². The topological polar surface area (TPSA) is 32.8 Å². The van der Waals surface area contributed by atoms with Crippen molar-refractivity contribution in [2.24, 2.45) is 5.92 Å². The molecule has 0 spiro atoms. The van der Waals surface area contributed by atoms with Crippen molar-refractivity contribution in [3.8, 4) is 5.75 Å². The normalized spacial score (nSPS) is 19.2. The van der Waals surface area contributed by atoms with Crippen LogP contribution < -0.4 is 4.74 Å². The van der Waals surface area contributed by atoms with Gasteiger partial charge in [0.15, 0.2) is 0 Å². The molecule has 1 saturated carbocycles. The summed E-state index contributed by atoms with van der Waals surface area (Å²) in [6, 6.07) is 4.35. The van der Waals surface area contributed by atoms with Crippen LogP contribution in [0.25, 0.3) is 0 Å². The zero-order valence-corrected chi connectivity index (χ0v) is 19.8. The first-order valence-electron chi connectivity index (χ1n) is 12.0. The van der Waals surface area contributed by atoms with E-state index in [1.165, 1.54) is 57.2 Å². The number of alkyl halides is 3. The number of carbonyl (C=O) groups excluding carboxylic acids is 1. The molecule has 0 atom stereocenters. The number of benzene rings is 1. The number of carbonyl (C=O) groups is 1. The van der Waals surface area contributed by atoms with Gasteiger partial charge in [-0.15, -0.1) is 0 Å². The summed E-state index contributed by atoms with van der Waals surface area (Å²) < 4.78 is 43.2. The van der Waals surface area contributed by atoms with Crippen molar-refractivity contribution >= 4 is 6.09 Å². The number of amides is 1. The number of nitrogens with zero attached hydrogens (tertiary/aromatic N) is 2. The first-order valence-corrected chi connectivity index (χ1v) is 12.0. The van der Waals surface area contributed by atoms with Gasteiger partial charge >= 0.3 is 12.3 Å². The maximum absolute atomic E-state index is 12.7. The fourth-order valence-corrected chi connectivity index (χ4v) is 4.41. The van der Waals surface area contributed by atoms with Gasteiger partial charge in [-0.2, -0.15) is 13.2 Å². The number of hydrogen-bond acceptors (Lipinski definition) is 3. The van der Waals surface area contributed by atoms with Gasteiger partial charge in [0.2, 0.25) is 0 Å². The predicted octanol–water partition coefficient (Wildman–Crippen LogP) is 6.99. The Bertz CT molecular complexity index is 671. The van der Waals surface area contributed by atoms with Crippen molar-refractivity contribution in [1.29, 1.82) is 0 Å². The molecule has 0 aromatic heterocycles. The Hall–Kier alpha value is -1.76. The molecule has 1 aliphatic rings. The summed E-state index contributed by atoms with van der Waals surface area (Å²) in [5.74, 6) is 0.846. The van der Waals surface area contributed by atoms with E-state index in [1.54, 1.807) is 11.9 Å². The maximum atomic E-state index is 12.7. The second-order valence-corrected chi connectivity index (χ2v) is 9.18. The van der Waals surface area contributed by atoms with Gasteiger partial charge in [-0.1, -0.05) is 32.6 Å². The summed E-state index contributed by atoms with van der Waals surface area (Å²) in [6.45, 7) is 4.58. The van der Waals surface area contributed by atoms with E-state index < -0.39 is 17.8 Å². The van der Waals surface area contributed by atoms with Crippen LogP contribution in [0, 0.1) is 5.92 Å². The Labute approximate surface area is 191 Å². The van der Waals surface area contributed by atoms with Crippen LogP contribution in [0.1, 0.15) is 76.7 Å². The SMILES string of the molecule is CCCCCN(C)CCCCC1CCC(N(C)C(=O)Oc2ccc(C(F)(F)F)cc2)CC1. The summed E-state index contributed by atoms with van der Waals surface area (Å²) in [4.78, 5) is 16.5. The van der Waals surface area contributed by atoms with Gasteiger partial charge < -0.3 is 14.5 Å². The van der Waals surface area contributed by atoms with Gasteiger partial charge in [-0.05, 0) is 88.8 Å². The van der Waals surface area contributed by atoms with E-state index in [2.05, 4.69) is 18.9 Å². The third-order valence-electron chi connectivity index (χ3n) is 6.58. The standard InChI is InChI=1S/C25H39F3N2O2/c1-4-5-7-18-29(2)19-8-6-9-20-10-14-22(15-11-20)30(3)24(31)32-23-16-12-21(13-17-23)25(26,27)28/h12-13,16-17,20,22H,4-11,14-15,18-19H2,1-3H3. The van der Waals surface area contributed by atoms with Gasteiger partial charge in [0.1, 0.15) is 5.75 Å². The van der Waals surface area contributed by atoms with E-state index in [4.69, 9.17) is 4.74 Å². The Balaban J connectivity index is 1.65. The molecule has 1 fully saturated rings. The summed E-state index contributed by atoms with van der Waals surface area (Å²) in [5.41, 5.74) is -0.757. The highest BCUT2D eigenvalue weighted by Gasteiger charge is 2.31. The van der Waals surface area contributed by atoms with Crippen LogP contribution >= 0.6 is 0 Å². The minimum Gasteiger partial charge on any atom is -0.410 e. The molecule has 1 aromatic carbocycles. The molecule has 4 nitrogen and oxygen atoms in total. The van der Waals surface area contributed by atoms with Crippen LogP contribution in [-0.4, -0.2) is 49.1 Å². The van der Waals surface area contributed by atoms with Crippen LogP contribution in [0.2, 0.25) is 0 Å². The van der Waals surface area contributed by atoms with Crippen LogP contribution in [0.4, 0.5) is 18.0 Å². The van der Waals surface area contributed by atoms with E-state index in [0.29, 0.717) is 0 Å². The minimum absolute atomic E-state index is 0.123. The van der Waals surface area contributed by atoms with Crippen molar-refractivity contribution in [2.45, 2.75) is 83.4 Å². The molecule has 182 valence electrons. The third-order valence-corrected chi connectivity index (χ3v) is 6.58. The van der Waals surface area contributed by atoms with Crippen LogP contribution in [0.5, 0.6) is 5.75 Å². The first kappa shape index (κ1) is 26.5. The molecule has 1 aromatic rings. The molecule has 0 aliphatic heterocycles. The Morgan fingerprint density at radius 2 is 1.56 bits per heavy atom. The van der Waals surface area contributed by atoms with Crippen molar-refractivity contribution in [2.75, 3.05) is 27.2 Å². The minimum atomic E-state index is -4.40. The van der Waals surface area contributed by atoms with E-state index >= 15 is 0 Å². The van der Waals surface area contributed by atoms with E-state index in [1.807, 2.05) is 0 Å². The number of hydrogen-bond donors (Lipinski definition) is 0. The predicted molar refractivity (Wildman–Crippen MR) is 122 cm³/mol. The lowest BCUT2D eigenvalue weighted by atomic mass is 9.82. The van der Waals surface area contributed by atoms with Gasteiger partial charge in [0, 0.05) is 13.1 Å². The summed E-state index contributed by atoms with van der Waals surface area (Å²) in [7, 11) is 3.92. The lowest BCUT2D eigenvalue weighted by Crippen LogP contribution is -2.41. The molecule has 0 unspecified atom stereocenters. The van der Waals surface area contributed by atoms with Gasteiger partial charge in [-0.25, -0.2) is 4.79 Å². The fraction of sp³-hybridized carbons (Fsp3) is 0.720. The monoisotopic (exact) mass is 456 g/mol. The van der Waals surface area contributed by atoms with Crippen LogP contribution in [-0.2, 0) is 6.18 Å². The molecule has 0 N–H and O–H groups in total. The molecule has 0 bridgehead atoms. The molecule has 0 heterocycles. The van der Waals surface area contributed by atoms with E-state index in [0.717, 1.165) is 50.3 Å². The van der Waals surface area contributed by atoms with Crippen LogP contribution in [0.15, 0.2) is 24.3 Å². The molecular weight excluding hydrogens is 417 g/mol. The highest BCUT2D eigenvalue weighted by molar-refractivity contribution is 5.70. The molecule has 1 aliphatic carbocycles. The molecule has 1 amide bonds. The number of halogens is 3. The smallest absolute Gasteiger partial charge is 0.410 e. The maximum Gasteiger partial charge on any atom is 0.416 e. The van der Waals surface area contributed by atoms with Crippen molar-refractivity contribution in [1.82, 2.24) is 9.80 Å². The molecule has 2 rings (SSSR count). The second-order valence-electron chi connectivity index (χ2n) is 9.18. The van der Waals surface area contributed by atoms with Crippen molar-refractivity contribution < 1.29 is 22.7 Å². The molecule has 0 saturated heterocycles. The van der Waals surface area contributed by atoms with E-state index in [9.17, 15) is 18.0 Å².